The second-order valence-corrected chi connectivity index (χ2v) is 3.07. The average Bonchev–Trinajstić information content (AvgIpc) is 2.18. The molecule has 0 radical (unpaired) electrons. The minimum atomic E-state index is -0.874. The van der Waals surface area contributed by atoms with Crippen molar-refractivity contribution in [2.24, 2.45) is 0 Å². The van der Waals surface area contributed by atoms with E-state index in [1.807, 2.05) is 44.2 Å². The topological polar surface area (TPSA) is 23.1 Å². The van der Waals surface area contributed by atoms with E-state index in [1.54, 1.807) is 0 Å². The van der Waals surface area contributed by atoms with Gasteiger partial charge in [0.05, 0.1) is 0 Å². The van der Waals surface area contributed by atoms with Crippen molar-refractivity contribution in [3.8, 4) is 0 Å². The van der Waals surface area contributed by atoms with Gasteiger partial charge in [-0.2, -0.15) is 0 Å². The maximum atomic E-state index is 12.0. The third-order valence-corrected chi connectivity index (χ3v) is 2.44. The molecule has 0 saturated heterocycles. The normalized spacial score (nSPS) is 9.93. The van der Waals surface area contributed by atoms with Gasteiger partial charge in [-0.15, -0.1) is 0 Å². The zero-order valence-corrected chi connectivity index (χ0v) is 11.0. The molecule has 0 amide bonds. The summed E-state index contributed by atoms with van der Waals surface area (Å²) in [6.07, 6.45) is 1.32. The van der Waals surface area contributed by atoms with E-state index in [9.17, 15) is 5.11 Å². The second kappa shape index (κ2) is 7.52. The van der Waals surface area contributed by atoms with E-state index in [0.717, 1.165) is 5.56 Å². The van der Waals surface area contributed by atoms with Crippen molar-refractivity contribution in [3.05, 3.63) is 35.9 Å². The maximum absolute atomic E-state index is 12.0. The number of rotatable bonds is 3. The number of hydrogen-bond acceptors (Lipinski definition) is 1. The van der Waals surface area contributed by atoms with Gasteiger partial charge in [0, 0.05) is 0 Å². The van der Waals surface area contributed by atoms with E-state index < -0.39 is 5.60 Å². The molecule has 0 atom stereocenters. The van der Waals surface area contributed by atoms with E-state index >= 15 is 0 Å². The third kappa shape index (κ3) is 3.77. The largest absolute Gasteiger partial charge is 2.00 e. The van der Waals surface area contributed by atoms with Crippen LogP contribution in [0.1, 0.15) is 32.3 Å². The van der Waals surface area contributed by atoms with Gasteiger partial charge in [0.1, 0.15) is 0 Å². The minimum absolute atomic E-state index is 0. The molecule has 3 heteroatoms. The van der Waals surface area contributed by atoms with Crippen LogP contribution in [0.3, 0.4) is 0 Å². The molecule has 1 aromatic carbocycles. The van der Waals surface area contributed by atoms with Crippen molar-refractivity contribution >= 4 is 23.1 Å². The molecule has 0 aliphatic heterocycles. The van der Waals surface area contributed by atoms with E-state index in [4.69, 9.17) is 0 Å². The zero-order valence-electron chi connectivity index (χ0n) is 8.79. The molecule has 0 N–H and O–H groups in total. The monoisotopic (exact) mass is 222 g/mol. The van der Waals surface area contributed by atoms with E-state index in [-0.39, 0.29) is 35.5 Å². The summed E-state index contributed by atoms with van der Waals surface area (Å²) in [5, 5.41) is 12.0. The predicted molar refractivity (Wildman–Crippen MR) is 54.5 cm³/mol. The van der Waals surface area contributed by atoms with Crippen LogP contribution >= 0.6 is 0 Å². The van der Waals surface area contributed by atoms with Gasteiger partial charge in [0.2, 0.25) is 0 Å². The van der Waals surface area contributed by atoms with Gasteiger partial charge in [-0.3, -0.25) is 0 Å². The Labute approximate surface area is 108 Å². The average molecular weight is 223 g/mol. The summed E-state index contributed by atoms with van der Waals surface area (Å²) in [6.45, 7) is 3.90. The fourth-order valence-corrected chi connectivity index (χ4v) is 1.40. The molecule has 74 valence electrons. The van der Waals surface area contributed by atoms with Crippen molar-refractivity contribution in [1.82, 2.24) is 0 Å². The first-order valence-corrected chi connectivity index (χ1v) is 4.49. The number of halogens is 1. The van der Waals surface area contributed by atoms with Gasteiger partial charge in [0.15, 0.2) is 0 Å². The quantitative estimate of drug-likeness (QED) is 0.583. The number of hydrogen-bond donors (Lipinski definition) is 0. The van der Waals surface area contributed by atoms with Crippen molar-refractivity contribution in [2.45, 2.75) is 32.3 Å². The smallest absolute Gasteiger partial charge is 1.00 e. The first-order valence-electron chi connectivity index (χ1n) is 4.49. The van der Waals surface area contributed by atoms with Crippen molar-refractivity contribution in [3.63, 3.8) is 0 Å². The van der Waals surface area contributed by atoms with E-state index in [1.165, 1.54) is 0 Å². The third-order valence-electron chi connectivity index (χ3n) is 2.44. The van der Waals surface area contributed by atoms with Gasteiger partial charge in [-0.25, -0.2) is 0 Å². The standard InChI is InChI=1S/C11H15O.ClH.Mg/c1-3-11(12,4-2)10-8-6-5-7-9-10;;/h5-9H,3-4H2,1-2H3;1H;/q-1;;+2/p-1. The fourth-order valence-electron chi connectivity index (χ4n) is 1.40. The van der Waals surface area contributed by atoms with Crippen LogP contribution in [0, 0.1) is 0 Å². The molecule has 0 bridgehead atoms. The molecule has 0 saturated carbocycles. The molecule has 0 aromatic heterocycles. The Morgan fingerprint density at radius 2 is 1.50 bits per heavy atom. The first kappa shape index (κ1) is 16.7. The summed E-state index contributed by atoms with van der Waals surface area (Å²) in [5.74, 6) is 0. The summed E-state index contributed by atoms with van der Waals surface area (Å²) in [4.78, 5) is 0. The molecule has 1 aromatic rings. The second-order valence-electron chi connectivity index (χ2n) is 3.07. The van der Waals surface area contributed by atoms with Crippen LogP contribution in [0.4, 0.5) is 0 Å². The molecular weight excluding hydrogens is 208 g/mol. The molecule has 0 fully saturated rings. The van der Waals surface area contributed by atoms with Crippen LogP contribution in [-0.4, -0.2) is 23.1 Å². The Balaban J connectivity index is 0. The number of benzene rings is 1. The van der Waals surface area contributed by atoms with Gasteiger partial charge in [0.25, 0.3) is 0 Å². The fraction of sp³-hybridized carbons (Fsp3) is 0.455. The summed E-state index contributed by atoms with van der Waals surface area (Å²) in [6, 6.07) is 9.62. The molecule has 0 aliphatic carbocycles. The summed E-state index contributed by atoms with van der Waals surface area (Å²) in [5.41, 5.74) is 0.0383. The van der Waals surface area contributed by atoms with Gasteiger partial charge in [-0.05, 0) is 0 Å². The Kier molecular flexibility index (Phi) is 8.95. The molecule has 14 heavy (non-hydrogen) atoms. The maximum Gasteiger partial charge on any atom is 2.00 e. The minimum Gasteiger partial charge on any atom is -1.00 e. The Morgan fingerprint density at radius 3 is 1.86 bits per heavy atom. The molecule has 0 unspecified atom stereocenters. The van der Waals surface area contributed by atoms with Crippen LogP contribution in [0.5, 0.6) is 0 Å². The molecule has 0 aliphatic rings. The van der Waals surface area contributed by atoms with E-state index in [0.29, 0.717) is 12.8 Å². The van der Waals surface area contributed by atoms with E-state index in [2.05, 4.69) is 0 Å². The van der Waals surface area contributed by atoms with Gasteiger partial charge < -0.3 is 17.5 Å². The SMILES string of the molecule is CCC([O-])(CC)c1ccccc1.[Cl-].[Mg+2]. The first-order chi connectivity index (χ1) is 5.73. The molecule has 0 heterocycles. The molecule has 1 nitrogen and oxygen atoms in total. The van der Waals surface area contributed by atoms with Crippen molar-refractivity contribution in [1.29, 1.82) is 0 Å². The van der Waals surface area contributed by atoms with Crippen LogP contribution in [-0.2, 0) is 5.60 Å². The molecule has 1 rings (SSSR count). The Hall–Kier alpha value is 0.236. The predicted octanol–water partition coefficient (Wildman–Crippen LogP) is -1.31. The molecule has 0 spiro atoms. The Morgan fingerprint density at radius 1 is 1.07 bits per heavy atom. The molecular formula is C11H15ClMgO. The van der Waals surface area contributed by atoms with Crippen molar-refractivity contribution in [2.75, 3.05) is 0 Å². The van der Waals surface area contributed by atoms with Gasteiger partial charge in [-0.1, -0.05) is 68.2 Å². The van der Waals surface area contributed by atoms with Crippen LogP contribution < -0.4 is 17.5 Å². The summed E-state index contributed by atoms with van der Waals surface area (Å²) in [7, 11) is 0. The summed E-state index contributed by atoms with van der Waals surface area (Å²) >= 11 is 0. The van der Waals surface area contributed by atoms with Gasteiger partial charge >= 0.3 is 23.1 Å². The summed E-state index contributed by atoms with van der Waals surface area (Å²) < 4.78 is 0. The van der Waals surface area contributed by atoms with Crippen molar-refractivity contribution < 1.29 is 17.5 Å². The van der Waals surface area contributed by atoms with Crippen LogP contribution in [0.2, 0.25) is 0 Å². The van der Waals surface area contributed by atoms with Crippen LogP contribution in [0.15, 0.2) is 30.3 Å². The zero-order chi connectivity index (χ0) is 9.03. The Bertz CT molecular complexity index is 234. The van der Waals surface area contributed by atoms with Crippen LogP contribution in [0.25, 0.3) is 0 Å².